The number of hydrogen-bond donors (Lipinski definition) is 2. The molecule has 0 aromatic carbocycles. The van der Waals surface area contributed by atoms with E-state index < -0.39 is 17.9 Å². The van der Waals surface area contributed by atoms with Crippen molar-refractivity contribution >= 4 is 11.9 Å². The predicted molar refractivity (Wildman–Crippen MR) is 29.1 cm³/mol. The zero-order chi connectivity index (χ0) is 7.44. The zero-order valence-electron chi connectivity index (χ0n) is 5.00. The fourth-order valence-corrected chi connectivity index (χ4v) is 0.455. The number of carbonyl (C=O) groups is 2. The molecule has 4 heteroatoms. The van der Waals surface area contributed by atoms with Crippen molar-refractivity contribution in [3.05, 3.63) is 0 Å². The highest BCUT2D eigenvalue weighted by Gasteiger charge is 2.22. The first-order valence-corrected chi connectivity index (χ1v) is 2.55. The summed E-state index contributed by atoms with van der Waals surface area (Å²) in [5.74, 6) is -3.79. The van der Waals surface area contributed by atoms with Crippen LogP contribution in [0.15, 0.2) is 0 Å². The van der Waals surface area contributed by atoms with Crippen LogP contribution in [0.3, 0.4) is 0 Å². The Morgan fingerprint density at radius 3 is 1.67 bits per heavy atom. The van der Waals surface area contributed by atoms with E-state index in [2.05, 4.69) is 0 Å². The third-order valence-corrected chi connectivity index (χ3v) is 1.00. The molecule has 2 N–H and O–H groups in total. The molecular weight excluding hydrogens is 124 g/mol. The van der Waals surface area contributed by atoms with Gasteiger partial charge >= 0.3 is 11.9 Å². The molecule has 0 aliphatic heterocycles. The van der Waals surface area contributed by atoms with Crippen LogP contribution < -0.4 is 0 Å². The van der Waals surface area contributed by atoms with Crippen molar-refractivity contribution < 1.29 is 19.8 Å². The second-order valence-electron chi connectivity index (χ2n) is 1.64. The minimum absolute atomic E-state index is 0.130. The van der Waals surface area contributed by atoms with Crippen molar-refractivity contribution in [3.8, 4) is 0 Å². The summed E-state index contributed by atoms with van der Waals surface area (Å²) < 4.78 is 0. The zero-order valence-corrected chi connectivity index (χ0v) is 5.00. The van der Waals surface area contributed by atoms with Gasteiger partial charge in [-0.3, -0.25) is 9.59 Å². The normalized spacial score (nSPS) is 9.56. The first-order valence-electron chi connectivity index (χ1n) is 2.55. The molecule has 52 valence electrons. The molecule has 0 unspecified atom stereocenters. The highest BCUT2D eigenvalue weighted by molar-refractivity contribution is 5.92. The maximum atomic E-state index is 9.99. The van der Waals surface area contributed by atoms with E-state index in [1.807, 2.05) is 0 Å². The number of rotatable bonds is 3. The van der Waals surface area contributed by atoms with E-state index in [0.29, 0.717) is 0 Å². The van der Waals surface area contributed by atoms with Crippen LogP contribution in [0.4, 0.5) is 0 Å². The van der Waals surface area contributed by atoms with Crippen molar-refractivity contribution in [2.75, 3.05) is 0 Å². The second-order valence-corrected chi connectivity index (χ2v) is 1.64. The lowest BCUT2D eigenvalue weighted by molar-refractivity contribution is -0.154. The maximum Gasteiger partial charge on any atom is 0.317 e. The summed E-state index contributed by atoms with van der Waals surface area (Å²) in [6.45, 7) is 1.52. The van der Waals surface area contributed by atoms with Gasteiger partial charge in [-0.2, -0.15) is 0 Å². The van der Waals surface area contributed by atoms with Crippen molar-refractivity contribution in [2.24, 2.45) is 5.92 Å². The monoisotopic (exact) mass is 132 g/mol. The molecule has 0 aromatic rings. The quantitative estimate of drug-likeness (QED) is 0.537. The molecule has 0 amide bonds. The molecule has 0 saturated carbocycles. The van der Waals surface area contributed by atoms with Crippen LogP contribution in [0.5, 0.6) is 0 Å². The first kappa shape index (κ1) is 7.94. The minimum Gasteiger partial charge on any atom is -0.481 e. The number of carboxylic acid groups (broad SMARTS) is 2. The SMILES string of the molecule is CCC(C(=O)O)C(=O)O. The first-order chi connectivity index (χ1) is 4.09. The van der Waals surface area contributed by atoms with E-state index in [0.717, 1.165) is 0 Å². The van der Waals surface area contributed by atoms with Gasteiger partial charge in [0.1, 0.15) is 0 Å². The Kier molecular flexibility index (Phi) is 2.70. The van der Waals surface area contributed by atoms with Gasteiger partial charge in [0.25, 0.3) is 0 Å². The van der Waals surface area contributed by atoms with Crippen LogP contribution in [0.25, 0.3) is 0 Å². The summed E-state index contributed by atoms with van der Waals surface area (Å²) in [6, 6.07) is 0. The number of carboxylic acids is 2. The van der Waals surface area contributed by atoms with Gasteiger partial charge in [-0.1, -0.05) is 6.92 Å². The van der Waals surface area contributed by atoms with Gasteiger partial charge in [-0.15, -0.1) is 0 Å². The molecule has 9 heavy (non-hydrogen) atoms. The van der Waals surface area contributed by atoms with Crippen molar-refractivity contribution in [1.82, 2.24) is 0 Å². The Morgan fingerprint density at radius 1 is 1.33 bits per heavy atom. The molecule has 0 aliphatic carbocycles. The van der Waals surface area contributed by atoms with E-state index in [4.69, 9.17) is 10.2 Å². The smallest absolute Gasteiger partial charge is 0.317 e. The van der Waals surface area contributed by atoms with Crippen LogP contribution in [-0.4, -0.2) is 22.2 Å². The van der Waals surface area contributed by atoms with Crippen molar-refractivity contribution in [1.29, 1.82) is 0 Å². The molecule has 0 aromatic heterocycles. The summed E-state index contributed by atoms with van der Waals surface area (Å²) in [7, 11) is 0. The molecule has 0 aliphatic rings. The molecule has 0 radical (unpaired) electrons. The lowest BCUT2D eigenvalue weighted by Crippen LogP contribution is -2.21. The Hall–Kier alpha value is -1.06. The van der Waals surface area contributed by atoms with Gasteiger partial charge in [0.15, 0.2) is 5.92 Å². The summed E-state index contributed by atoms with van der Waals surface area (Å²) in [5.41, 5.74) is 0. The lowest BCUT2D eigenvalue weighted by Gasteiger charge is -2.00. The molecule has 0 heterocycles. The Balaban J connectivity index is 3.99. The molecule has 0 atom stereocenters. The van der Waals surface area contributed by atoms with Crippen LogP contribution in [0.1, 0.15) is 13.3 Å². The van der Waals surface area contributed by atoms with E-state index >= 15 is 0 Å². The average molecular weight is 132 g/mol. The third kappa shape index (κ3) is 2.12. The topological polar surface area (TPSA) is 74.6 Å². The average Bonchev–Trinajstić information content (AvgIpc) is 1.64. The minimum atomic E-state index is -1.27. The molecule has 0 bridgehead atoms. The summed E-state index contributed by atoms with van der Waals surface area (Å²) in [5, 5.41) is 16.3. The van der Waals surface area contributed by atoms with Gasteiger partial charge in [-0.05, 0) is 6.42 Å². The largest absolute Gasteiger partial charge is 0.481 e. The Morgan fingerprint density at radius 2 is 1.67 bits per heavy atom. The van der Waals surface area contributed by atoms with Gasteiger partial charge in [-0.25, -0.2) is 0 Å². The molecule has 0 saturated heterocycles. The molecule has 0 spiro atoms. The van der Waals surface area contributed by atoms with Gasteiger partial charge in [0.05, 0.1) is 0 Å². The van der Waals surface area contributed by atoms with Crippen LogP contribution in [0, 0.1) is 5.92 Å². The van der Waals surface area contributed by atoms with Crippen LogP contribution in [-0.2, 0) is 9.59 Å². The molecule has 4 nitrogen and oxygen atoms in total. The third-order valence-electron chi connectivity index (χ3n) is 1.00. The number of aliphatic carboxylic acids is 2. The predicted octanol–water partition coefficient (Wildman–Crippen LogP) is 0.182. The highest BCUT2D eigenvalue weighted by atomic mass is 16.4. The molecular formula is C5H8O4. The summed E-state index contributed by atoms with van der Waals surface area (Å²) in [4.78, 5) is 20.0. The standard InChI is InChI=1S/C5H8O4/c1-2-3(4(6)7)5(8)9/h3H,2H2,1H3,(H,6,7)(H,8,9). The molecule has 0 fully saturated rings. The van der Waals surface area contributed by atoms with E-state index in [1.165, 1.54) is 6.92 Å². The summed E-state index contributed by atoms with van der Waals surface area (Å²) >= 11 is 0. The van der Waals surface area contributed by atoms with Crippen LogP contribution >= 0.6 is 0 Å². The maximum absolute atomic E-state index is 9.99. The summed E-state index contributed by atoms with van der Waals surface area (Å²) in [6.07, 6.45) is 0.130. The highest BCUT2D eigenvalue weighted by Crippen LogP contribution is 2.00. The lowest BCUT2D eigenvalue weighted by atomic mass is 10.1. The van der Waals surface area contributed by atoms with Gasteiger partial charge in [0, 0.05) is 0 Å². The Labute approximate surface area is 52.1 Å². The molecule has 0 rings (SSSR count). The van der Waals surface area contributed by atoms with E-state index in [9.17, 15) is 9.59 Å². The second kappa shape index (κ2) is 3.06. The van der Waals surface area contributed by atoms with E-state index in [-0.39, 0.29) is 6.42 Å². The van der Waals surface area contributed by atoms with E-state index in [1.54, 1.807) is 0 Å². The van der Waals surface area contributed by atoms with Gasteiger partial charge in [0.2, 0.25) is 0 Å². The van der Waals surface area contributed by atoms with Gasteiger partial charge < -0.3 is 10.2 Å². The number of hydrogen-bond acceptors (Lipinski definition) is 2. The fraction of sp³-hybridized carbons (Fsp3) is 0.600. The fourth-order valence-electron chi connectivity index (χ4n) is 0.455. The van der Waals surface area contributed by atoms with Crippen molar-refractivity contribution in [2.45, 2.75) is 13.3 Å². The van der Waals surface area contributed by atoms with Crippen LogP contribution in [0.2, 0.25) is 0 Å². The van der Waals surface area contributed by atoms with Crippen molar-refractivity contribution in [3.63, 3.8) is 0 Å². The Bertz CT molecular complexity index is 115.